The minimum atomic E-state index is -0.509. The number of H-pyrrole nitrogens is 1. The highest BCUT2D eigenvalue weighted by Gasteiger charge is 2.19. The largest absolute Gasteiger partial charge is 0.494 e. The summed E-state index contributed by atoms with van der Waals surface area (Å²) < 4.78 is 18.7. The number of halogens is 1. The standard InChI is InChI=1S/C18H16FN3O4/c1-21(10-11-3-6-17(26-2)15(19)7-11)18(23)14-9-20-16-5-4-12(22(24)25)8-13(14)16/h3-9,20H,10H2,1-2H3. The number of hydrogen-bond acceptors (Lipinski definition) is 4. The Morgan fingerprint density at radius 1 is 1.31 bits per heavy atom. The maximum Gasteiger partial charge on any atom is 0.270 e. The molecule has 0 bridgehead atoms. The Bertz CT molecular complexity index is 999. The van der Waals surface area contributed by atoms with Crippen molar-refractivity contribution in [1.29, 1.82) is 0 Å². The number of aromatic amines is 1. The second kappa shape index (κ2) is 6.83. The van der Waals surface area contributed by atoms with Gasteiger partial charge in [0.1, 0.15) is 0 Å². The van der Waals surface area contributed by atoms with Crippen molar-refractivity contribution >= 4 is 22.5 Å². The lowest BCUT2D eigenvalue weighted by Gasteiger charge is -2.17. The van der Waals surface area contributed by atoms with Crippen LogP contribution < -0.4 is 4.74 Å². The first-order valence-corrected chi connectivity index (χ1v) is 7.74. The van der Waals surface area contributed by atoms with Crippen LogP contribution in [0.3, 0.4) is 0 Å². The first-order valence-electron chi connectivity index (χ1n) is 7.74. The van der Waals surface area contributed by atoms with E-state index in [4.69, 9.17) is 4.74 Å². The Morgan fingerprint density at radius 3 is 2.73 bits per heavy atom. The molecule has 8 heteroatoms. The molecule has 1 amide bonds. The minimum Gasteiger partial charge on any atom is -0.494 e. The van der Waals surface area contributed by atoms with Crippen LogP contribution in [0.4, 0.5) is 10.1 Å². The molecule has 0 unspecified atom stereocenters. The lowest BCUT2D eigenvalue weighted by Crippen LogP contribution is -2.26. The van der Waals surface area contributed by atoms with Gasteiger partial charge in [-0.3, -0.25) is 14.9 Å². The van der Waals surface area contributed by atoms with Gasteiger partial charge >= 0.3 is 0 Å². The molecule has 0 spiro atoms. The van der Waals surface area contributed by atoms with Crippen molar-refractivity contribution in [3.63, 3.8) is 0 Å². The van der Waals surface area contributed by atoms with Gasteiger partial charge in [0.25, 0.3) is 11.6 Å². The van der Waals surface area contributed by atoms with E-state index < -0.39 is 10.7 Å². The molecule has 0 fully saturated rings. The molecule has 0 radical (unpaired) electrons. The van der Waals surface area contributed by atoms with E-state index in [1.807, 2.05) is 0 Å². The molecule has 1 N–H and O–H groups in total. The summed E-state index contributed by atoms with van der Waals surface area (Å²) in [6.45, 7) is 0.182. The van der Waals surface area contributed by atoms with E-state index >= 15 is 0 Å². The van der Waals surface area contributed by atoms with Crippen LogP contribution in [0, 0.1) is 15.9 Å². The summed E-state index contributed by atoms with van der Waals surface area (Å²) in [5, 5.41) is 11.4. The normalized spacial score (nSPS) is 10.7. The Labute approximate surface area is 148 Å². The fraction of sp³-hybridized carbons (Fsp3) is 0.167. The average molecular weight is 357 g/mol. The van der Waals surface area contributed by atoms with Gasteiger partial charge in [0.05, 0.1) is 17.6 Å². The Morgan fingerprint density at radius 2 is 2.08 bits per heavy atom. The van der Waals surface area contributed by atoms with Gasteiger partial charge in [-0.05, 0) is 23.8 Å². The average Bonchev–Trinajstić information content (AvgIpc) is 3.04. The molecule has 3 rings (SSSR count). The zero-order chi connectivity index (χ0) is 18.8. The molecule has 0 saturated heterocycles. The predicted octanol–water partition coefficient (Wildman–Crippen LogP) is 3.50. The SMILES string of the molecule is COc1ccc(CN(C)C(=O)c2c[nH]c3ccc([N+](=O)[O-])cc23)cc1F. The summed E-state index contributed by atoms with van der Waals surface area (Å²) in [7, 11) is 2.96. The quantitative estimate of drug-likeness (QED) is 0.559. The molecule has 134 valence electrons. The molecular formula is C18H16FN3O4. The van der Waals surface area contributed by atoms with E-state index in [0.717, 1.165) is 0 Å². The van der Waals surface area contributed by atoms with Crippen LogP contribution in [0.25, 0.3) is 10.9 Å². The summed E-state index contributed by atoms with van der Waals surface area (Å²) in [6.07, 6.45) is 1.52. The molecular weight excluding hydrogens is 341 g/mol. The summed E-state index contributed by atoms with van der Waals surface area (Å²) in [5.74, 6) is -0.701. The molecule has 0 aliphatic heterocycles. The molecule has 26 heavy (non-hydrogen) atoms. The highest BCUT2D eigenvalue weighted by molar-refractivity contribution is 6.07. The number of nitrogens with zero attached hydrogens (tertiary/aromatic N) is 2. The third-order valence-corrected chi connectivity index (χ3v) is 4.09. The number of hydrogen-bond donors (Lipinski definition) is 1. The lowest BCUT2D eigenvalue weighted by molar-refractivity contribution is -0.384. The number of rotatable bonds is 5. The minimum absolute atomic E-state index is 0.0916. The molecule has 7 nitrogen and oxygen atoms in total. The zero-order valence-electron chi connectivity index (χ0n) is 14.2. The number of nitro benzene ring substituents is 1. The fourth-order valence-electron chi connectivity index (χ4n) is 2.76. The number of methoxy groups -OCH3 is 1. The van der Waals surface area contributed by atoms with Crippen molar-refractivity contribution in [2.45, 2.75) is 6.54 Å². The number of ether oxygens (including phenoxy) is 1. The van der Waals surface area contributed by atoms with E-state index in [0.29, 0.717) is 22.0 Å². The molecule has 0 saturated carbocycles. The molecule has 2 aromatic carbocycles. The van der Waals surface area contributed by atoms with Crippen LogP contribution in [0.2, 0.25) is 0 Å². The smallest absolute Gasteiger partial charge is 0.270 e. The molecule has 1 heterocycles. The van der Waals surface area contributed by atoms with Crippen molar-refractivity contribution < 1.29 is 18.8 Å². The second-order valence-corrected chi connectivity index (χ2v) is 5.82. The van der Waals surface area contributed by atoms with E-state index in [-0.39, 0.29) is 23.9 Å². The third kappa shape index (κ3) is 3.21. The molecule has 0 aliphatic rings. The monoisotopic (exact) mass is 357 g/mol. The Hall–Kier alpha value is -3.42. The number of carbonyl (C=O) groups excluding carboxylic acids is 1. The predicted molar refractivity (Wildman–Crippen MR) is 93.7 cm³/mol. The first-order chi connectivity index (χ1) is 12.4. The van der Waals surface area contributed by atoms with Gasteiger partial charge in [-0.1, -0.05) is 6.07 Å². The van der Waals surface area contributed by atoms with Crippen LogP contribution >= 0.6 is 0 Å². The number of nitrogens with one attached hydrogen (secondary N) is 1. The fourth-order valence-corrected chi connectivity index (χ4v) is 2.76. The maximum absolute atomic E-state index is 13.8. The zero-order valence-corrected chi connectivity index (χ0v) is 14.2. The van der Waals surface area contributed by atoms with Crippen molar-refractivity contribution in [2.24, 2.45) is 0 Å². The number of amides is 1. The highest BCUT2D eigenvalue weighted by atomic mass is 19.1. The van der Waals surface area contributed by atoms with Gasteiger partial charge in [0.2, 0.25) is 0 Å². The summed E-state index contributed by atoms with van der Waals surface area (Å²) in [4.78, 5) is 27.5. The van der Waals surface area contributed by atoms with E-state index in [1.54, 1.807) is 19.2 Å². The first kappa shape index (κ1) is 17.4. The van der Waals surface area contributed by atoms with Gasteiger partial charge in [-0.15, -0.1) is 0 Å². The molecule has 0 aliphatic carbocycles. The second-order valence-electron chi connectivity index (χ2n) is 5.82. The summed E-state index contributed by atoms with van der Waals surface area (Å²) >= 11 is 0. The van der Waals surface area contributed by atoms with Crippen molar-refractivity contribution in [1.82, 2.24) is 9.88 Å². The topological polar surface area (TPSA) is 88.5 Å². The Balaban J connectivity index is 1.86. The number of nitro groups is 1. The Kier molecular flexibility index (Phi) is 4.57. The van der Waals surface area contributed by atoms with Crippen molar-refractivity contribution in [3.05, 3.63) is 69.7 Å². The maximum atomic E-state index is 13.8. The number of fused-ring (bicyclic) bond motifs is 1. The van der Waals surface area contributed by atoms with Crippen molar-refractivity contribution in [3.8, 4) is 5.75 Å². The number of non-ortho nitro benzene ring substituents is 1. The van der Waals surface area contributed by atoms with Crippen LogP contribution in [0.1, 0.15) is 15.9 Å². The van der Waals surface area contributed by atoms with Gasteiger partial charge in [0, 0.05) is 42.8 Å². The van der Waals surface area contributed by atoms with Gasteiger partial charge in [-0.25, -0.2) is 4.39 Å². The van der Waals surface area contributed by atoms with Crippen LogP contribution in [0.5, 0.6) is 5.75 Å². The summed E-state index contributed by atoms with van der Waals surface area (Å²) in [5.41, 5.74) is 1.46. The number of benzene rings is 2. The van der Waals surface area contributed by atoms with E-state index in [2.05, 4.69) is 4.98 Å². The van der Waals surface area contributed by atoms with Gasteiger partial charge in [0.15, 0.2) is 11.6 Å². The number of carbonyl (C=O) groups is 1. The third-order valence-electron chi connectivity index (χ3n) is 4.09. The van der Waals surface area contributed by atoms with Crippen LogP contribution in [0.15, 0.2) is 42.6 Å². The molecule has 1 aromatic heterocycles. The molecule has 3 aromatic rings. The van der Waals surface area contributed by atoms with Gasteiger partial charge < -0.3 is 14.6 Å². The van der Waals surface area contributed by atoms with Gasteiger partial charge in [-0.2, -0.15) is 0 Å². The van der Waals surface area contributed by atoms with Crippen LogP contribution in [-0.2, 0) is 6.54 Å². The lowest BCUT2D eigenvalue weighted by atomic mass is 10.1. The molecule has 0 atom stereocenters. The van der Waals surface area contributed by atoms with Crippen molar-refractivity contribution in [2.75, 3.05) is 14.2 Å². The number of aromatic nitrogens is 1. The van der Waals surface area contributed by atoms with Crippen LogP contribution in [-0.4, -0.2) is 34.9 Å². The van der Waals surface area contributed by atoms with E-state index in [1.165, 1.54) is 42.5 Å². The highest BCUT2D eigenvalue weighted by Crippen LogP contribution is 2.25. The van der Waals surface area contributed by atoms with E-state index in [9.17, 15) is 19.3 Å². The summed E-state index contributed by atoms with van der Waals surface area (Å²) in [6, 6.07) is 8.77.